The maximum absolute atomic E-state index is 11.5. The molecular weight excluding hydrogens is 346 g/mol. The van der Waals surface area contributed by atoms with Gasteiger partial charge < -0.3 is 10.1 Å². The van der Waals surface area contributed by atoms with Crippen LogP contribution >= 0.6 is 43.2 Å². The third kappa shape index (κ3) is 5.10. The molecule has 1 aromatic rings. The van der Waals surface area contributed by atoms with Crippen molar-refractivity contribution in [2.75, 3.05) is 25.1 Å². The fourth-order valence-corrected chi connectivity index (χ4v) is 2.29. The van der Waals surface area contributed by atoms with E-state index < -0.39 is 0 Å². The number of thiophene rings is 1. The highest BCUT2D eigenvalue weighted by molar-refractivity contribution is 9.11. The molecule has 0 unspecified atom stereocenters. The van der Waals surface area contributed by atoms with Crippen LogP contribution in [0.4, 0.5) is 0 Å². The number of halogens is 2. The predicted molar refractivity (Wildman–Crippen MR) is 69.0 cm³/mol. The third-order valence-electron chi connectivity index (χ3n) is 1.58. The molecule has 15 heavy (non-hydrogen) atoms. The Hall–Kier alpha value is 0.0900. The molecule has 0 aliphatic carbocycles. The van der Waals surface area contributed by atoms with Crippen molar-refractivity contribution in [2.24, 2.45) is 0 Å². The Labute approximate surface area is 109 Å². The van der Waals surface area contributed by atoms with E-state index in [-0.39, 0.29) is 5.91 Å². The summed E-state index contributed by atoms with van der Waals surface area (Å²) in [6, 6.07) is 1.80. The average molecular weight is 357 g/mol. The monoisotopic (exact) mass is 355 g/mol. The molecule has 0 atom stereocenters. The second kappa shape index (κ2) is 7.38. The van der Waals surface area contributed by atoms with Gasteiger partial charge in [0.1, 0.15) is 0 Å². The Balaban J connectivity index is 2.19. The Bertz CT molecular complexity index is 317. The predicted octanol–water partition coefficient (Wildman–Crippen LogP) is 2.65. The van der Waals surface area contributed by atoms with Gasteiger partial charge in [0.25, 0.3) is 5.91 Å². The summed E-state index contributed by atoms with van der Waals surface area (Å²) >= 11 is 8.06. The maximum Gasteiger partial charge on any atom is 0.252 e. The van der Waals surface area contributed by atoms with Gasteiger partial charge in [-0.2, -0.15) is 0 Å². The van der Waals surface area contributed by atoms with Crippen molar-refractivity contribution in [1.82, 2.24) is 5.32 Å². The topological polar surface area (TPSA) is 38.3 Å². The second-order valence-corrected chi connectivity index (χ2v) is 5.78. The Morgan fingerprint density at radius 2 is 2.33 bits per heavy atom. The van der Waals surface area contributed by atoms with Crippen LogP contribution in [0.5, 0.6) is 0 Å². The number of hydrogen-bond acceptors (Lipinski definition) is 3. The summed E-state index contributed by atoms with van der Waals surface area (Å²) in [5.74, 6) is -0.0561. The van der Waals surface area contributed by atoms with Crippen LogP contribution in [0.15, 0.2) is 15.2 Å². The van der Waals surface area contributed by atoms with Gasteiger partial charge in [0.05, 0.1) is 22.6 Å². The van der Waals surface area contributed by atoms with Crippen molar-refractivity contribution in [3.05, 3.63) is 20.8 Å². The molecule has 1 rings (SSSR count). The van der Waals surface area contributed by atoms with E-state index in [2.05, 4.69) is 37.2 Å². The molecule has 0 aromatic carbocycles. The molecular formula is C9H11Br2NO2S. The van der Waals surface area contributed by atoms with Crippen molar-refractivity contribution in [2.45, 2.75) is 0 Å². The number of rotatable bonds is 6. The lowest BCUT2D eigenvalue weighted by Crippen LogP contribution is -2.27. The molecule has 0 fully saturated rings. The standard InChI is InChI=1S/C9H11Br2NO2S/c10-1-3-14-4-2-12-9(13)7-5-8(11)15-6-7/h5-6H,1-4H2,(H,12,13). The van der Waals surface area contributed by atoms with E-state index in [9.17, 15) is 4.79 Å². The Morgan fingerprint density at radius 1 is 1.53 bits per heavy atom. The third-order valence-corrected chi connectivity index (χ3v) is 3.41. The van der Waals surface area contributed by atoms with Crippen molar-refractivity contribution in [3.63, 3.8) is 0 Å². The average Bonchev–Trinajstić information content (AvgIpc) is 2.64. The lowest BCUT2D eigenvalue weighted by atomic mass is 10.3. The van der Waals surface area contributed by atoms with Crippen molar-refractivity contribution < 1.29 is 9.53 Å². The first kappa shape index (κ1) is 13.2. The zero-order chi connectivity index (χ0) is 11.1. The fourth-order valence-electron chi connectivity index (χ4n) is 0.925. The van der Waals surface area contributed by atoms with Gasteiger partial charge in [-0.05, 0) is 22.0 Å². The lowest BCUT2D eigenvalue weighted by Gasteiger charge is -2.03. The maximum atomic E-state index is 11.5. The minimum atomic E-state index is -0.0561. The van der Waals surface area contributed by atoms with Crippen LogP contribution in [0.1, 0.15) is 10.4 Å². The van der Waals surface area contributed by atoms with Crippen LogP contribution in [-0.2, 0) is 4.74 Å². The summed E-state index contributed by atoms with van der Waals surface area (Å²) in [5, 5.41) is 5.41. The molecule has 0 bridgehead atoms. The summed E-state index contributed by atoms with van der Waals surface area (Å²) in [5.41, 5.74) is 0.687. The van der Waals surface area contributed by atoms with E-state index in [1.165, 1.54) is 11.3 Å². The van der Waals surface area contributed by atoms with Gasteiger partial charge in [0.15, 0.2) is 0 Å². The number of hydrogen-bond donors (Lipinski definition) is 1. The van der Waals surface area contributed by atoms with Crippen LogP contribution in [-0.4, -0.2) is 31.0 Å². The minimum absolute atomic E-state index is 0.0561. The largest absolute Gasteiger partial charge is 0.379 e. The number of amides is 1. The number of carbonyl (C=O) groups excluding carboxylic acids is 1. The second-order valence-electron chi connectivity index (χ2n) is 2.70. The van der Waals surface area contributed by atoms with Crippen molar-refractivity contribution in [3.8, 4) is 0 Å². The number of ether oxygens (including phenoxy) is 1. The van der Waals surface area contributed by atoms with E-state index >= 15 is 0 Å². The van der Waals surface area contributed by atoms with Crippen LogP contribution in [0.25, 0.3) is 0 Å². The molecule has 0 radical (unpaired) electrons. The molecule has 1 heterocycles. The lowest BCUT2D eigenvalue weighted by molar-refractivity contribution is 0.0924. The van der Waals surface area contributed by atoms with Gasteiger partial charge in [0, 0.05) is 17.3 Å². The molecule has 3 nitrogen and oxygen atoms in total. The van der Waals surface area contributed by atoms with E-state index in [1.54, 1.807) is 6.07 Å². The first-order chi connectivity index (χ1) is 7.24. The summed E-state index contributed by atoms with van der Waals surface area (Å²) in [6.45, 7) is 1.75. The Kier molecular flexibility index (Phi) is 6.47. The van der Waals surface area contributed by atoms with E-state index in [1.807, 2.05) is 5.38 Å². The highest BCUT2D eigenvalue weighted by atomic mass is 79.9. The van der Waals surface area contributed by atoms with Crippen LogP contribution in [0.2, 0.25) is 0 Å². The van der Waals surface area contributed by atoms with Crippen molar-refractivity contribution >= 4 is 49.1 Å². The van der Waals surface area contributed by atoms with Gasteiger partial charge in [-0.3, -0.25) is 4.79 Å². The molecule has 6 heteroatoms. The zero-order valence-electron chi connectivity index (χ0n) is 7.96. The molecule has 0 aliphatic heterocycles. The molecule has 84 valence electrons. The summed E-state index contributed by atoms with van der Waals surface area (Å²) < 4.78 is 6.17. The molecule has 0 spiro atoms. The Morgan fingerprint density at radius 3 is 2.93 bits per heavy atom. The summed E-state index contributed by atoms with van der Waals surface area (Å²) in [7, 11) is 0. The number of carbonyl (C=O) groups is 1. The fraction of sp³-hybridized carbons (Fsp3) is 0.444. The smallest absolute Gasteiger partial charge is 0.252 e. The molecule has 1 N–H and O–H groups in total. The van der Waals surface area contributed by atoms with Crippen LogP contribution in [0, 0.1) is 0 Å². The highest BCUT2D eigenvalue weighted by Crippen LogP contribution is 2.20. The van der Waals surface area contributed by atoms with Gasteiger partial charge in [-0.15, -0.1) is 11.3 Å². The summed E-state index contributed by atoms with van der Waals surface area (Å²) in [6.07, 6.45) is 0. The van der Waals surface area contributed by atoms with E-state index in [4.69, 9.17) is 4.74 Å². The summed E-state index contributed by atoms with van der Waals surface area (Å²) in [4.78, 5) is 11.5. The van der Waals surface area contributed by atoms with Gasteiger partial charge in [-0.25, -0.2) is 0 Å². The highest BCUT2D eigenvalue weighted by Gasteiger charge is 2.06. The van der Waals surface area contributed by atoms with Gasteiger partial charge >= 0.3 is 0 Å². The van der Waals surface area contributed by atoms with Gasteiger partial charge in [-0.1, -0.05) is 15.9 Å². The SMILES string of the molecule is O=C(NCCOCCBr)c1csc(Br)c1. The van der Waals surface area contributed by atoms with Crippen LogP contribution < -0.4 is 5.32 Å². The minimum Gasteiger partial charge on any atom is -0.379 e. The first-order valence-corrected chi connectivity index (χ1v) is 7.19. The van der Waals surface area contributed by atoms with Gasteiger partial charge in [0.2, 0.25) is 0 Å². The molecule has 0 saturated heterocycles. The zero-order valence-corrected chi connectivity index (χ0v) is 12.0. The van der Waals surface area contributed by atoms with E-state index in [0.717, 1.165) is 9.12 Å². The van der Waals surface area contributed by atoms with Crippen molar-refractivity contribution in [1.29, 1.82) is 0 Å². The molecule has 0 saturated carbocycles. The molecule has 0 aliphatic rings. The van der Waals surface area contributed by atoms with Crippen LogP contribution in [0.3, 0.4) is 0 Å². The molecule has 1 aromatic heterocycles. The molecule has 1 amide bonds. The number of nitrogens with one attached hydrogen (secondary N) is 1. The normalized spacial score (nSPS) is 10.3. The quantitative estimate of drug-likeness (QED) is 0.628. The number of alkyl halides is 1. The first-order valence-electron chi connectivity index (χ1n) is 4.40. The van der Waals surface area contributed by atoms with E-state index in [0.29, 0.717) is 25.3 Å².